The van der Waals surface area contributed by atoms with E-state index in [0.717, 1.165) is 0 Å². The number of amides is 2. The van der Waals surface area contributed by atoms with E-state index in [2.05, 4.69) is 25.6 Å². The molecule has 180 valence electrons. The lowest BCUT2D eigenvalue weighted by Crippen LogP contribution is -2.20. The van der Waals surface area contributed by atoms with Crippen LogP contribution in [0.3, 0.4) is 0 Å². The van der Waals surface area contributed by atoms with Gasteiger partial charge < -0.3 is 21.4 Å². The van der Waals surface area contributed by atoms with Gasteiger partial charge in [0.15, 0.2) is 0 Å². The number of halogens is 3. The van der Waals surface area contributed by atoms with E-state index in [0.29, 0.717) is 39.2 Å². The van der Waals surface area contributed by atoms with Crippen LogP contribution >= 0.6 is 23.2 Å². The fourth-order valence-electron chi connectivity index (χ4n) is 3.26. The highest BCUT2D eigenvalue weighted by Gasteiger charge is 2.24. The summed E-state index contributed by atoms with van der Waals surface area (Å²) >= 11 is 11.9. The van der Waals surface area contributed by atoms with Crippen LogP contribution in [-0.2, 0) is 5.41 Å². The van der Waals surface area contributed by atoms with E-state index < -0.39 is 11.8 Å². The maximum Gasteiger partial charge on any atom is 0.323 e. The quantitative estimate of drug-likeness (QED) is 0.248. The highest BCUT2D eigenvalue weighted by atomic mass is 35.5. The predicted molar refractivity (Wildman–Crippen MR) is 137 cm³/mol. The number of carbonyl (C=O) groups excluding carboxylic acids is 1. The van der Waals surface area contributed by atoms with Gasteiger partial charge in [-0.2, -0.15) is 0 Å². The van der Waals surface area contributed by atoms with Crippen molar-refractivity contribution in [2.75, 3.05) is 16.4 Å². The van der Waals surface area contributed by atoms with E-state index in [9.17, 15) is 9.18 Å². The van der Waals surface area contributed by atoms with Crippen LogP contribution in [0.2, 0.25) is 10.0 Å². The normalized spacial score (nSPS) is 11.4. The van der Waals surface area contributed by atoms with Crippen molar-refractivity contribution in [1.29, 1.82) is 0 Å². The minimum Gasteiger partial charge on any atom is -0.368 e. The number of urea groups is 1. The fourth-order valence-corrected chi connectivity index (χ4v) is 3.56. The molecule has 0 aliphatic heterocycles. The molecule has 35 heavy (non-hydrogen) atoms. The number of aromatic amines is 1. The molecule has 5 N–H and O–H groups in total. The second kappa shape index (κ2) is 9.52. The first kappa shape index (κ1) is 24.4. The van der Waals surface area contributed by atoms with Crippen LogP contribution in [-0.4, -0.2) is 26.0 Å². The number of H-pyrrole nitrogens is 1. The molecule has 0 saturated heterocycles. The highest BCUT2D eigenvalue weighted by molar-refractivity contribution is 6.42. The Hall–Kier alpha value is -3.69. The van der Waals surface area contributed by atoms with Gasteiger partial charge in [-0.05, 0) is 42.5 Å². The summed E-state index contributed by atoms with van der Waals surface area (Å²) in [5.74, 6) is 0.203. The number of aromatic nitrogens is 4. The number of hydrogen-bond acceptors (Lipinski definition) is 5. The zero-order valence-electron chi connectivity index (χ0n) is 19.1. The van der Waals surface area contributed by atoms with Crippen molar-refractivity contribution < 1.29 is 9.18 Å². The van der Waals surface area contributed by atoms with Crippen LogP contribution in [0.5, 0.6) is 0 Å². The third kappa shape index (κ3) is 5.52. The van der Waals surface area contributed by atoms with Gasteiger partial charge in [0, 0.05) is 22.9 Å². The van der Waals surface area contributed by atoms with Crippen molar-refractivity contribution in [3.05, 3.63) is 70.3 Å². The lowest BCUT2D eigenvalue weighted by Gasteiger charge is -2.14. The van der Waals surface area contributed by atoms with E-state index in [1.807, 2.05) is 20.8 Å². The fraction of sp³-hybridized carbons (Fsp3) is 0.167. The second-order valence-electron chi connectivity index (χ2n) is 8.76. The van der Waals surface area contributed by atoms with Gasteiger partial charge in [-0.15, -0.1) is 0 Å². The zero-order valence-corrected chi connectivity index (χ0v) is 20.6. The highest BCUT2D eigenvalue weighted by Crippen LogP contribution is 2.34. The van der Waals surface area contributed by atoms with Gasteiger partial charge in [0.05, 0.1) is 32.8 Å². The first-order valence-electron chi connectivity index (χ1n) is 10.5. The van der Waals surface area contributed by atoms with E-state index in [1.165, 1.54) is 18.2 Å². The third-order valence-corrected chi connectivity index (χ3v) is 5.75. The molecule has 4 rings (SSSR count). The van der Waals surface area contributed by atoms with Crippen molar-refractivity contribution >= 4 is 46.6 Å². The zero-order chi connectivity index (χ0) is 25.3. The SMILES string of the molecule is CC(C)(C)c1nc(-c2ccc(F)c(NC(=O)Nc3ccc(Cl)c(Cl)c3)c2)c(-c2ccnc(N)n2)[nH]1. The number of nitrogens with one attached hydrogen (secondary N) is 3. The first-order valence-corrected chi connectivity index (χ1v) is 11.3. The van der Waals surface area contributed by atoms with Crippen molar-refractivity contribution in [3.63, 3.8) is 0 Å². The third-order valence-electron chi connectivity index (χ3n) is 5.01. The van der Waals surface area contributed by atoms with Gasteiger partial charge in [0.25, 0.3) is 0 Å². The van der Waals surface area contributed by atoms with Crippen molar-refractivity contribution in [2.24, 2.45) is 0 Å². The molecule has 0 bridgehead atoms. The average molecular weight is 514 g/mol. The summed E-state index contributed by atoms with van der Waals surface area (Å²) in [4.78, 5) is 28.8. The van der Waals surface area contributed by atoms with E-state index >= 15 is 0 Å². The predicted octanol–water partition coefficient (Wildman–Crippen LogP) is 6.50. The summed E-state index contributed by atoms with van der Waals surface area (Å²) in [6, 6.07) is 10.0. The minimum absolute atomic E-state index is 0.0338. The van der Waals surface area contributed by atoms with E-state index in [1.54, 1.807) is 30.5 Å². The molecule has 0 aliphatic carbocycles. The number of nitrogen functional groups attached to an aromatic ring is 1. The molecule has 0 unspecified atom stereocenters. The Morgan fingerprint density at radius 1 is 1.03 bits per heavy atom. The Kier molecular flexibility index (Phi) is 6.64. The van der Waals surface area contributed by atoms with Gasteiger partial charge in [0.2, 0.25) is 5.95 Å². The molecule has 4 aromatic rings. The van der Waals surface area contributed by atoms with Crippen molar-refractivity contribution in [1.82, 2.24) is 19.9 Å². The molecule has 0 fully saturated rings. The molecule has 0 saturated carbocycles. The number of benzene rings is 2. The minimum atomic E-state index is -0.652. The Balaban J connectivity index is 1.69. The maximum atomic E-state index is 14.6. The van der Waals surface area contributed by atoms with Crippen molar-refractivity contribution in [3.8, 4) is 22.6 Å². The van der Waals surface area contributed by atoms with E-state index in [4.69, 9.17) is 33.9 Å². The van der Waals surface area contributed by atoms with Crippen LogP contribution < -0.4 is 16.4 Å². The van der Waals surface area contributed by atoms with Crippen LogP contribution in [0.1, 0.15) is 26.6 Å². The Labute approximate surface area is 211 Å². The molecule has 0 aliphatic rings. The summed E-state index contributed by atoms with van der Waals surface area (Å²) in [6.45, 7) is 6.04. The number of nitrogens with two attached hydrogens (primary N) is 1. The number of imidazole rings is 1. The molecule has 11 heteroatoms. The standard InChI is InChI=1S/C24H22Cl2FN7O/c1-24(2,3)21-33-19(20(34-21)17-8-9-29-22(28)31-17)12-4-7-16(27)18(10-12)32-23(35)30-13-5-6-14(25)15(26)11-13/h4-11H,1-3H3,(H,33,34)(H2,28,29,31)(H2,30,32,35). The lowest BCUT2D eigenvalue weighted by atomic mass is 9.96. The first-order chi connectivity index (χ1) is 16.5. The molecule has 0 spiro atoms. The summed E-state index contributed by atoms with van der Waals surface area (Å²) in [6.07, 6.45) is 1.55. The summed E-state index contributed by atoms with van der Waals surface area (Å²) < 4.78 is 14.6. The lowest BCUT2D eigenvalue weighted by molar-refractivity contribution is 0.262. The van der Waals surface area contributed by atoms with Crippen molar-refractivity contribution in [2.45, 2.75) is 26.2 Å². The summed E-state index contributed by atoms with van der Waals surface area (Å²) in [7, 11) is 0. The van der Waals surface area contributed by atoms with Gasteiger partial charge in [-0.25, -0.2) is 24.1 Å². The second-order valence-corrected chi connectivity index (χ2v) is 9.58. The van der Waals surface area contributed by atoms with E-state index in [-0.39, 0.29) is 22.1 Å². The summed E-state index contributed by atoms with van der Waals surface area (Å²) in [5.41, 5.74) is 8.08. The monoisotopic (exact) mass is 513 g/mol. The number of rotatable bonds is 4. The van der Waals surface area contributed by atoms with Gasteiger partial charge in [-0.1, -0.05) is 44.0 Å². The van der Waals surface area contributed by atoms with Crippen LogP contribution in [0.15, 0.2) is 48.7 Å². The number of carbonyl (C=O) groups is 1. The molecule has 2 amide bonds. The largest absolute Gasteiger partial charge is 0.368 e. The Bertz CT molecular complexity index is 1420. The molecular weight excluding hydrogens is 492 g/mol. The molecule has 0 radical (unpaired) electrons. The molecule has 2 aromatic heterocycles. The van der Waals surface area contributed by atoms with Gasteiger partial charge in [-0.3, -0.25) is 0 Å². The molecule has 0 atom stereocenters. The smallest absolute Gasteiger partial charge is 0.323 e. The Morgan fingerprint density at radius 2 is 1.80 bits per heavy atom. The average Bonchev–Trinajstić information content (AvgIpc) is 3.24. The number of hydrogen-bond donors (Lipinski definition) is 4. The van der Waals surface area contributed by atoms with Gasteiger partial charge >= 0.3 is 6.03 Å². The summed E-state index contributed by atoms with van der Waals surface area (Å²) in [5, 5.41) is 5.76. The van der Waals surface area contributed by atoms with Crippen LogP contribution in [0.4, 0.5) is 26.5 Å². The molecule has 2 aromatic carbocycles. The topological polar surface area (TPSA) is 122 Å². The Morgan fingerprint density at radius 3 is 2.49 bits per heavy atom. The molecular formula is C24H22Cl2FN7O. The molecule has 8 nitrogen and oxygen atoms in total. The van der Waals surface area contributed by atoms with Crippen LogP contribution in [0, 0.1) is 5.82 Å². The van der Waals surface area contributed by atoms with Gasteiger partial charge in [0.1, 0.15) is 11.6 Å². The van der Waals surface area contributed by atoms with Crippen LogP contribution in [0.25, 0.3) is 22.6 Å². The number of nitrogens with zero attached hydrogens (tertiary/aromatic N) is 3. The maximum absolute atomic E-state index is 14.6. The molecule has 2 heterocycles. The number of anilines is 3.